The van der Waals surface area contributed by atoms with Crippen LogP contribution < -0.4 is 9.47 Å². The maximum absolute atomic E-state index is 12.6. The number of carbonyl (C=O) groups is 1. The Kier molecular flexibility index (Phi) is 7.98. The van der Waals surface area contributed by atoms with Crippen molar-refractivity contribution in [1.29, 1.82) is 0 Å². The number of pyridine rings is 1. The standard InChI is InChI=1S/C29H34N2O5/c1-33-18-4-20-35-28-25(12-9-22-5-2-15-30-27(22)28)21-7-10-23(11-8-21)36-24-13-16-31(17-14-24)29(32)26-6-3-19-34-26/h2,5,7-12,15,24,26H,3-4,6,13-14,16-20H2,1H3/t26-/m1/s1. The van der Waals surface area contributed by atoms with Gasteiger partial charge in [-0.2, -0.15) is 0 Å². The van der Waals surface area contributed by atoms with Crippen LogP contribution in [0.25, 0.3) is 22.0 Å². The fourth-order valence-corrected chi connectivity index (χ4v) is 4.94. The summed E-state index contributed by atoms with van der Waals surface area (Å²) in [4.78, 5) is 19.1. The summed E-state index contributed by atoms with van der Waals surface area (Å²) in [5, 5.41) is 1.05. The van der Waals surface area contributed by atoms with E-state index in [1.54, 1.807) is 13.3 Å². The number of rotatable bonds is 9. The van der Waals surface area contributed by atoms with E-state index in [2.05, 4.69) is 29.2 Å². The topological polar surface area (TPSA) is 70.1 Å². The van der Waals surface area contributed by atoms with Crippen molar-refractivity contribution < 1.29 is 23.7 Å². The second kappa shape index (κ2) is 11.7. The number of hydrogen-bond donors (Lipinski definition) is 0. The molecule has 1 atom stereocenters. The number of benzene rings is 2. The predicted octanol–water partition coefficient (Wildman–Crippen LogP) is 4.87. The minimum Gasteiger partial charge on any atom is -0.491 e. The Hall–Kier alpha value is -3.16. The highest BCUT2D eigenvalue weighted by Crippen LogP contribution is 2.37. The lowest BCUT2D eigenvalue weighted by Gasteiger charge is -2.33. The molecule has 0 N–H and O–H groups in total. The van der Waals surface area contributed by atoms with Gasteiger partial charge in [0.15, 0.2) is 5.75 Å². The fraction of sp³-hybridized carbons (Fsp3) is 0.448. The Morgan fingerprint density at radius 1 is 1.06 bits per heavy atom. The number of hydrogen-bond acceptors (Lipinski definition) is 6. The third-order valence-corrected chi connectivity index (χ3v) is 6.89. The molecule has 7 heteroatoms. The Balaban J connectivity index is 1.24. The Bertz CT molecular complexity index is 1150. The van der Waals surface area contributed by atoms with Crippen LogP contribution in [0.4, 0.5) is 0 Å². The largest absolute Gasteiger partial charge is 0.491 e. The highest BCUT2D eigenvalue weighted by molar-refractivity contribution is 5.92. The van der Waals surface area contributed by atoms with Crippen molar-refractivity contribution in [2.45, 2.75) is 44.3 Å². The number of ether oxygens (including phenoxy) is 4. The average Bonchev–Trinajstić information content (AvgIpc) is 3.47. The number of carbonyl (C=O) groups excluding carboxylic acids is 1. The summed E-state index contributed by atoms with van der Waals surface area (Å²) in [5.74, 6) is 1.77. The summed E-state index contributed by atoms with van der Waals surface area (Å²) in [7, 11) is 1.70. The SMILES string of the molecule is COCCCOc1c(-c2ccc(OC3CCN(C(=O)[C@H]4CCCO4)CC3)cc2)ccc2cccnc12. The lowest BCUT2D eigenvalue weighted by Crippen LogP contribution is -2.45. The van der Waals surface area contributed by atoms with Crippen LogP contribution >= 0.6 is 0 Å². The van der Waals surface area contributed by atoms with Gasteiger partial charge in [-0.15, -0.1) is 0 Å². The molecular formula is C29H34N2O5. The zero-order valence-electron chi connectivity index (χ0n) is 20.9. The van der Waals surface area contributed by atoms with Crippen molar-refractivity contribution in [1.82, 2.24) is 9.88 Å². The number of amides is 1. The van der Waals surface area contributed by atoms with Gasteiger partial charge in [-0.1, -0.05) is 24.3 Å². The van der Waals surface area contributed by atoms with Gasteiger partial charge < -0.3 is 23.8 Å². The Morgan fingerprint density at radius 2 is 1.89 bits per heavy atom. The molecule has 0 saturated carbocycles. The van der Waals surface area contributed by atoms with Crippen LogP contribution in [0.15, 0.2) is 54.7 Å². The fourth-order valence-electron chi connectivity index (χ4n) is 4.94. The molecule has 2 saturated heterocycles. The van der Waals surface area contributed by atoms with Crippen LogP contribution in [0.2, 0.25) is 0 Å². The monoisotopic (exact) mass is 490 g/mol. The molecule has 36 heavy (non-hydrogen) atoms. The molecule has 2 aliphatic rings. The quantitative estimate of drug-likeness (QED) is 0.399. The van der Waals surface area contributed by atoms with Gasteiger partial charge >= 0.3 is 0 Å². The van der Waals surface area contributed by atoms with Gasteiger partial charge in [0.25, 0.3) is 5.91 Å². The van der Waals surface area contributed by atoms with Crippen molar-refractivity contribution >= 4 is 16.8 Å². The number of methoxy groups -OCH3 is 1. The zero-order valence-corrected chi connectivity index (χ0v) is 20.9. The van der Waals surface area contributed by atoms with Crippen molar-refractivity contribution in [3.05, 3.63) is 54.7 Å². The van der Waals surface area contributed by atoms with Gasteiger partial charge in [-0.05, 0) is 42.7 Å². The first-order valence-corrected chi connectivity index (χ1v) is 12.9. The molecule has 0 spiro atoms. The molecule has 0 bridgehead atoms. The van der Waals surface area contributed by atoms with E-state index in [0.29, 0.717) is 19.8 Å². The molecule has 0 radical (unpaired) electrons. The van der Waals surface area contributed by atoms with E-state index in [0.717, 1.165) is 78.7 Å². The molecule has 190 valence electrons. The van der Waals surface area contributed by atoms with Crippen molar-refractivity contribution in [3.63, 3.8) is 0 Å². The normalized spacial score (nSPS) is 18.5. The molecule has 7 nitrogen and oxygen atoms in total. The lowest BCUT2D eigenvalue weighted by molar-refractivity contribution is -0.142. The molecule has 0 aliphatic carbocycles. The highest BCUT2D eigenvalue weighted by atomic mass is 16.5. The van der Waals surface area contributed by atoms with E-state index < -0.39 is 0 Å². The zero-order chi connectivity index (χ0) is 24.7. The molecule has 2 aromatic carbocycles. The first kappa shape index (κ1) is 24.5. The van der Waals surface area contributed by atoms with Crippen LogP contribution in [-0.2, 0) is 14.3 Å². The van der Waals surface area contributed by atoms with Crippen molar-refractivity contribution in [3.8, 4) is 22.6 Å². The Morgan fingerprint density at radius 3 is 2.64 bits per heavy atom. The summed E-state index contributed by atoms with van der Waals surface area (Å²) in [6.45, 7) is 3.35. The lowest BCUT2D eigenvalue weighted by atomic mass is 10.0. The third-order valence-electron chi connectivity index (χ3n) is 6.89. The number of likely N-dealkylation sites (tertiary alicyclic amines) is 1. The molecule has 2 aliphatic heterocycles. The van der Waals surface area contributed by atoms with Crippen LogP contribution in [-0.4, -0.2) is 68.0 Å². The average molecular weight is 491 g/mol. The molecule has 3 heterocycles. The molecule has 0 unspecified atom stereocenters. The van der Waals surface area contributed by atoms with E-state index in [1.807, 2.05) is 29.2 Å². The van der Waals surface area contributed by atoms with Gasteiger partial charge in [-0.3, -0.25) is 9.78 Å². The maximum atomic E-state index is 12.6. The number of aromatic nitrogens is 1. The number of fused-ring (bicyclic) bond motifs is 1. The van der Waals surface area contributed by atoms with Crippen LogP contribution in [0.1, 0.15) is 32.1 Å². The number of nitrogens with zero attached hydrogens (tertiary/aromatic N) is 2. The minimum atomic E-state index is -0.242. The van der Waals surface area contributed by atoms with Crippen molar-refractivity contribution in [2.75, 3.05) is 40.0 Å². The summed E-state index contributed by atoms with van der Waals surface area (Å²) in [5.41, 5.74) is 2.91. The van der Waals surface area contributed by atoms with Gasteiger partial charge in [0.05, 0.1) is 6.61 Å². The summed E-state index contributed by atoms with van der Waals surface area (Å²) in [6, 6.07) is 16.3. The van der Waals surface area contributed by atoms with E-state index in [-0.39, 0.29) is 18.1 Å². The van der Waals surface area contributed by atoms with E-state index >= 15 is 0 Å². The first-order chi connectivity index (χ1) is 17.7. The van der Waals surface area contributed by atoms with Gasteiger partial charge in [0.2, 0.25) is 0 Å². The summed E-state index contributed by atoms with van der Waals surface area (Å²) in [6.07, 6.45) is 5.95. The maximum Gasteiger partial charge on any atom is 0.251 e. The smallest absolute Gasteiger partial charge is 0.251 e. The second-order valence-corrected chi connectivity index (χ2v) is 9.38. The van der Waals surface area contributed by atoms with E-state index in [4.69, 9.17) is 18.9 Å². The van der Waals surface area contributed by atoms with Gasteiger partial charge in [0.1, 0.15) is 23.5 Å². The van der Waals surface area contributed by atoms with Gasteiger partial charge in [0, 0.05) is 69.8 Å². The molecule has 5 rings (SSSR count). The van der Waals surface area contributed by atoms with Gasteiger partial charge in [-0.25, -0.2) is 0 Å². The van der Waals surface area contributed by atoms with Crippen LogP contribution in [0, 0.1) is 0 Å². The van der Waals surface area contributed by atoms with Crippen LogP contribution in [0.5, 0.6) is 11.5 Å². The molecule has 3 aromatic rings. The van der Waals surface area contributed by atoms with E-state index in [1.165, 1.54) is 0 Å². The molecular weight excluding hydrogens is 456 g/mol. The predicted molar refractivity (Wildman–Crippen MR) is 138 cm³/mol. The summed E-state index contributed by atoms with van der Waals surface area (Å²) >= 11 is 0. The Labute approximate surface area is 212 Å². The van der Waals surface area contributed by atoms with E-state index in [9.17, 15) is 4.79 Å². The molecule has 1 aromatic heterocycles. The minimum absolute atomic E-state index is 0.106. The van der Waals surface area contributed by atoms with Crippen molar-refractivity contribution in [2.24, 2.45) is 0 Å². The second-order valence-electron chi connectivity index (χ2n) is 9.38. The highest BCUT2D eigenvalue weighted by Gasteiger charge is 2.31. The molecule has 1 amide bonds. The summed E-state index contributed by atoms with van der Waals surface area (Å²) < 4.78 is 23.2. The number of piperidine rings is 1. The third kappa shape index (κ3) is 5.63. The van der Waals surface area contributed by atoms with Crippen LogP contribution in [0.3, 0.4) is 0 Å². The first-order valence-electron chi connectivity index (χ1n) is 12.9. The molecule has 2 fully saturated rings.